The van der Waals surface area contributed by atoms with Gasteiger partial charge in [0.1, 0.15) is 5.76 Å². The Morgan fingerprint density at radius 2 is 2.00 bits per heavy atom. The Labute approximate surface area is 139 Å². The molecule has 2 heterocycles. The molecule has 1 aromatic carbocycles. The quantitative estimate of drug-likeness (QED) is 0.712. The van der Waals surface area contributed by atoms with Gasteiger partial charge in [0.05, 0.1) is 17.8 Å². The fourth-order valence-electron chi connectivity index (χ4n) is 2.03. The van der Waals surface area contributed by atoms with Gasteiger partial charge in [-0.25, -0.2) is 18.2 Å². The van der Waals surface area contributed by atoms with Crippen LogP contribution in [0.4, 0.5) is 18.9 Å². The van der Waals surface area contributed by atoms with Gasteiger partial charge in [-0.15, -0.1) is 11.3 Å². The number of halogens is 3. The Kier molecular flexibility index (Phi) is 4.39. The summed E-state index contributed by atoms with van der Waals surface area (Å²) in [6.45, 7) is 1.81. The molecular formula is C16H11F3N2O2S. The maximum Gasteiger partial charge on any atom is 0.230 e. The van der Waals surface area contributed by atoms with Crippen molar-refractivity contribution < 1.29 is 22.4 Å². The van der Waals surface area contributed by atoms with Crippen LogP contribution in [-0.2, 0) is 11.2 Å². The molecule has 0 unspecified atom stereocenters. The summed E-state index contributed by atoms with van der Waals surface area (Å²) >= 11 is 1.30. The van der Waals surface area contributed by atoms with Gasteiger partial charge in [-0.3, -0.25) is 4.79 Å². The summed E-state index contributed by atoms with van der Waals surface area (Å²) in [5.41, 5.74) is 0.0422. The molecule has 0 aliphatic heterocycles. The lowest BCUT2D eigenvalue weighted by Crippen LogP contribution is -2.16. The molecule has 0 bridgehead atoms. The van der Waals surface area contributed by atoms with Crippen molar-refractivity contribution in [1.82, 2.24) is 4.98 Å². The van der Waals surface area contributed by atoms with E-state index in [1.165, 1.54) is 11.3 Å². The van der Waals surface area contributed by atoms with Crippen LogP contribution in [0, 0.1) is 24.4 Å². The molecule has 0 radical (unpaired) electrons. The molecule has 0 atom stereocenters. The summed E-state index contributed by atoms with van der Waals surface area (Å²) in [5, 5.41) is 4.49. The molecule has 0 saturated heterocycles. The zero-order chi connectivity index (χ0) is 17.3. The van der Waals surface area contributed by atoms with Crippen LogP contribution < -0.4 is 5.32 Å². The first-order valence-corrected chi connectivity index (χ1v) is 7.76. The number of aromatic nitrogens is 1. The van der Waals surface area contributed by atoms with Crippen molar-refractivity contribution in [3.05, 3.63) is 58.6 Å². The van der Waals surface area contributed by atoms with E-state index in [1.807, 2.05) is 6.92 Å². The van der Waals surface area contributed by atoms with Crippen molar-refractivity contribution in [2.24, 2.45) is 0 Å². The third kappa shape index (κ3) is 3.33. The Hall–Kier alpha value is -2.61. The minimum atomic E-state index is -1.63. The molecule has 0 fully saturated rings. The molecule has 0 saturated carbocycles. The predicted octanol–water partition coefficient (Wildman–Crippen LogP) is 4.31. The highest BCUT2D eigenvalue weighted by Crippen LogP contribution is 2.26. The first-order chi connectivity index (χ1) is 11.4. The number of thiazole rings is 1. The molecule has 1 amide bonds. The van der Waals surface area contributed by atoms with Gasteiger partial charge < -0.3 is 9.73 Å². The van der Waals surface area contributed by atoms with Crippen LogP contribution in [0.3, 0.4) is 0 Å². The van der Waals surface area contributed by atoms with Crippen LogP contribution >= 0.6 is 11.3 Å². The monoisotopic (exact) mass is 352 g/mol. The number of aryl methyl sites for hydroxylation is 1. The normalized spacial score (nSPS) is 10.8. The lowest BCUT2D eigenvalue weighted by Gasteiger charge is -2.06. The first kappa shape index (κ1) is 16.3. The number of nitrogens with one attached hydrogen (secondary N) is 1. The number of anilines is 1. The largest absolute Gasteiger partial charge is 0.459 e. The fourth-order valence-corrected chi connectivity index (χ4v) is 2.81. The molecule has 0 spiro atoms. The topological polar surface area (TPSA) is 55.1 Å². The van der Waals surface area contributed by atoms with Gasteiger partial charge in [0.2, 0.25) is 5.91 Å². The molecule has 24 heavy (non-hydrogen) atoms. The number of carbonyl (C=O) groups excluding carboxylic acids is 1. The van der Waals surface area contributed by atoms with Crippen molar-refractivity contribution in [2.45, 2.75) is 13.3 Å². The second-order valence-corrected chi connectivity index (χ2v) is 5.86. The number of carbonyl (C=O) groups is 1. The molecule has 8 heteroatoms. The summed E-state index contributed by atoms with van der Waals surface area (Å²) in [4.78, 5) is 16.2. The average molecular weight is 352 g/mol. The minimum Gasteiger partial charge on any atom is -0.459 e. The number of nitrogens with zero attached hydrogens (tertiary/aromatic N) is 1. The van der Waals surface area contributed by atoms with E-state index in [1.54, 1.807) is 17.5 Å². The average Bonchev–Trinajstić information content (AvgIpc) is 3.17. The molecule has 124 valence electrons. The summed E-state index contributed by atoms with van der Waals surface area (Å²) in [5.74, 6) is -3.63. The smallest absolute Gasteiger partial charge is 0.230 e. The summed E-state index contributed by atoms with van der Waals surface area (Å²) in [6.07, 6.45) is -0.130. The van der Waals surface area contributed by atoms with E-state index in [0.717, 1.165) is 17.9 Å². The van der Waals surface area contributed by atoms with E-state index < -0.39 is 29.0 Å². The van der Waals surface area contributed by atoms with E-state index in [-0.39, 0.29) is 6.42 Å². The molecule has 4 nitrogen and oxygen atoms in total. The van der Waals surface area contributed by atoms with Crippen molar-refractivity contribution in [3.63, 3.8) is 0 Å². The first-order valence-electron chi connectivity index (χ1n) is 6.88. The van der Waals surface area contributed by atoms with Gasteiger partial charge in [0.15, 0.2) is 28.2 Å². The van der Waals surface area contributed by atoms with Gasteiger partial charge in [0, 0.05) is 5.38 Å². The maximum atomic E-state index is 13.5. The van der Waals surface area contributed by atoms with Crippen LogP contribution in [0.5, 0.6) is 0 Å². The predicted molar refractivity (Wildman–Crippen MR) is 83.2 cm³/mol. The number of hydrogen-bond acceptors (Lipinski definition) is 4. The highest BCUT2D eigenvalue weighted by molar-refractivity contribution is 7.13. The van der Waals surface area contributed by atoms with Crippen molar-refractivity contribution in [1.29, 1.82) is 0 Å². The fraction of sp³-hybridized carbons (Fsp3) is 0.125. The third-order valence-corrected chi connectivity index (χ3v) is 4.06. The van der Waals surface area contributed by atoms with Gasteiger partial charge >= 0.3 is 0 Å². The highest BCUT2D eigenvalue weighted by atomic mass is 32.1. The molecule has 3 aromatic rings. The highest BCUT2D eigenvalue weighted by Gasteiger charge is 2.16. The third-order valence-electron chi connectivity index (χ3n) is 3.15. The van der Waals surface area contributed by atoms with Crippen molar-refractivity contribution in [3.8, 4) is 10.8 Å². The van der Waals surface area contributed by atoms with Crippen LogP contribution in [0.2, 0.25) is 0 Å². The van der Waals surface area contributed by atoms with Crippen LogP contribution in [0.15, 0.2) is 34.1 Å². The lowest BCUT2D eigenvalue weighted by atomic mass is 10.2. The molecule has 2 aromatic heterocycles. The van der Waals surface area contributed by atoms with Gasteiger partial charge in [-0.05, 0) is 31.2 Å². The van der Waals surface area contributed by atoms with E-state index in [2.05, 4.69) is 10.3 Å². The Morgan fingerprint density at radius 3 is 2.71 bits per heavy atom. The van der Waals surface area contributed by atoms with Crippen LogP contribution in [-0.4, -0.2) is 10.9 Å². The second-order valence-electron chi connectivity index (χ2n) is 5.00. The van der Waals surface area contributed by atoms with Gasteiger partial charge in [-0.2, -0.15) is 0 Å². The molecule has 1 N–H and O–H groups in total. The van der Waals surface area contributed by atoms with Gasteiger partial charge in [-0.1, -0.05) is 0 Å². The standard InChI is InChI=1S/C16H11F3N2O2S/c1-8-2-5-12(23-8)16-20-9(7-24-16)6-13(22)21-11-4-3-10(17)14(18)15(11)19/h2-5,7H,6H2,1H3,(H,21,22). The van der Waals surface area contributed by atoms with E-state index in [4.69, 9.17) is 4.42 Å². The zero-order valence-electron chi connectivity index (χ0n) is 12.4. The molecule has 3 rings (SSSR count). The van der Waals surface area contributed by atoms with E-state index in [0.29, 0.717) is 16.5 Å². The van der Waals surface area contributed by atoms with Crippen LogP contribution in [0.1, 0.15) is 11.5 Å². The zero-order valence-corrected chi connectivity index (χ0v) is 13.2. The molecule has 0 aliphatic carbocycles. The lowest BCUT2D eigenvalue weighted by molar-refractivity contribution is -0.115. The summed E-state index contributed by atoms with van der Waals surface area (Å²) < 4.78 is 45.0. The summed E-state index contributed by atoms with van der Waals surface area (Å²) in [7, 11) is 0. The van der Waals surface area contributed by atoms with E-state index >= 15 is 0 Å². The molecular weight excluding hydrogens is 341 g/mol. The summed E-state index contributed by atoms with van der Waals surface area (Å²) in [6, 6.07) is 5.28. The van der Waals surface area contributed by atoms with Gasteiger partial charge in [0.25, 0.3) is 0 Å². The number of hydrogen-bond donors (Lipinski definition) is 1. The Balaban J connectivity index is 1.70. The number of amides is 1. The van der Waals surface area contributed by atoms with Crippen molar-refractivity contribution >= 4 is 22.9 Å². The maximum absolute atomic E-state index is 13.5. The van der Waals surface area contributed by atoms with Crippen molar-refractivity contribution in [2.75, 3.05) is 5.32 Å². The van der Waals surface area contributed by atoms with Crippen LogP contribution in [0.25, 0.3) is 10.8 Å². The number of furan rings is 1. The molecule has 0 aliphatic rings. The van der Waals surface area contributed by atoms with E-state index in [9.17, 15) is 18.0 Å². The minimum absolute atomic E-state index is 0.130. The Morgan fingerprint density at radius 1 is 1.21 bits per heavy atom. The second kappa shape index (κ2) is 6.48. The SMILES string of the molecule is Cc1ccc(-c2nc(CC(=O)Nc3ccc(F)c(F)c3F)cs2)o1. The number of benzene rings is 1. The Bertz CT molecular complexity index is 905. The number of rotatable bonds is 4.